The predicted molar refractivity (Wildman–Crippen MR) is 147 cm³/mol. The first-order valence-electron chi connectivity index (χ1n) is 13.1. The number of nitrogens with one attached hydrogen (secondary N) is 1. The molecule has 11 heteroatoms. The Labute approximate surface area is 231 Å². The molecule has 10 nitrogen and oxygen atoms in total. The summed E-state index contributed by atoms with van der Waals surface area (Å²) in [6.07, 6.45) is 0.839. The van der Waals surface area contributed by atoms with Crippen LogP contribution in [0.2, 0.25) is 0 Å². The van der Waals surface area contributed by atoms with E-state index in [-0.39, 0.29) is 29.9 Å². The van der Waals surface area contributed by atoms with Gasteiger partial charge in [0.1, 0.15) is 17.5 Å². The lowest BCUT2D eigenvalue weighted by molar-refractivity contribution is -0.142. The molecule has 0 aliphatic carbocycles. The average Bonchev–Trinajstić information content (AvgIpc) is 2.95. The summed E-state index contributed by atoms with van der Waals surface area (Å²) in [6, 6.07) is 12.5. The zero-order chi connectivity index (χ0) is 28.4. The fraction of sp³-hybridized carbons (Fsp3) is 0.500. The van der Waals surface area contributed by atoms with Gasteiger partial charge in [0.2, 0.25) is 15.9 Å². The van der Waals surface area contributed by atoms with E-state index in [0.29, 0.717) is 50.3 Å². The molecule has 0 spiro atoms. The molecule has 2 amide bonds. The molecule has 1 aliphatic rings. The normalized spacial score (nSPS) is 15.0. The molecule has 1 N–H and O–H groups in total. The van der Waals surface area contributed by atoms with E-state index in [1.54, 1.807) is 26.2 Å². The van der Waals surface area contributed by atoms with Gasteiger partial charge in [-0.1, -0.05) is 26.0 Å². The number of methoxy groups -OCH3 is 1. The van der Waals surface area contributed by atoms with E-state index in [1.165, 1.54) is 33.5 Å². The number of benzene rings is 2. The van der Waals surface area contributed by atoms with Crippen molar-refractivity contribution < 1.29 is 32.2 Å². The molecule has 2 aromatic carbocycles. The Morgan fingerprint density at radius 3 is 2.21 bits per heavy atom. The minimum atomic E-state index is -3.63. The highest BCUT2D eigenvalue weighted by Gasteiger charge is 2.28. The van der Waals surface area contributed by atoms with Crippen molar-refractivity contribution in [2.45, 2.75) is 44.7 Å². The van der Waals surface area contributed by atoms with E-state index in [0.717, 1.165) is 12.0 Å². The second kappa shape index (κ2) is 14.3. The van der Waals surface area contributed by atoms with Crippen LogP contribution in [0, 0.1) is 5.92 Å². The topological polar surface area (TPSA) is 114 Å². The minimum Gasteiger partial charge on any atom is -0.497 e. The van der Waals surface area contributed by atoms with Crippen molar-refractivity contribution in [2.24, 2.45) is 5.92 Å². The first-order chi connectivity index (χ1) is 18.6. The van der Waals surface area contributed by atoms with Crippen molar-refractivity contribution in [1.29, 1.82) is 0 Å². The van der Waals surface area contributed by atoms with Gasteiger partial charge in [0.15, 0.2) is 6.61 Å². The highest BCUT2D eigenvalue weighted by Crippen LogP contribution is 2.21. The van der Waals surface area contributed by atoms with E-state index in [4.69, 9.17) is 14.2 Å². The maximum atomic E-state index is 13.3. The number of sulfonamides is 1. The molecule has 214 valence electrons. The summed E-state index contributed by atoms with van der Waals surface area (Å²) < 4.78 is 43.2. The molecular weight excluding hydrogens is 522 g/mol. The number of ether oxygens (including phenoxy) is 3. The Morgan fingerprint density at radius 2 is 1.62 bits per heavy atom. The van der Waals surface area contributed by atoms with E-state index in [1.807, 2.05) is 12.1 Å². The third-order valence-electron chi connectivity index (χ3n) is 6.49. The molecule has 1 atom stereocenters. The van der Waals surface area contributed by atoms with Crippen molar-refractivity contribution in [2.75, 3.05) is 46.6 Å². The Hall–Kier alpha value is -3.15. The van der Waals surface area contributed by atoms with Crippen LogP contribution in [0.4, 0.5) is 0 Å². The Morgan fingerprint density at radius 1 is 1.00 bits per heavy atom. The molecule has 1 unspecified atom stereocenters. The number of morpholine rings is 1. The maximum absolute atomic E-state index is 13.3. The summed E-state index contributed by atoms with van der Waals surface area (Å²) in [5.74, 6) is 0.875. The van der Waals surface area contributed by atoms with Gasteiger partial charge in [0.05, 0.1) is 25.2 Å². The molecule has 1 heterocycles. The first-order valence-corrected chi connectivity index (χ1v) is 14.6. The Bertz CT molecular complexity index is 1180. The molecule has 2 aromatic rings. The number of hydrogen-bond donors (Lipinski definition) is 1. The SMILES string of the molecule is COc1ccc(CN(C(=O)COc2ccc(S(=O)(=O)N3CCOCC3)cc2)C(C)C(=O)NCCC(C)C)cc1. The molecule has 1 saturated heterocycles. The highest BCUT2D eigenvalue weighted by atomic mass is 32.2. The van der Waals surface area contributed by atoms with Crippen LogP contribution in [0.1, 0.15) is 32.8 Å². The fourth-order valence-electron chi connectivity index (χ4n) is 4.01. The molecule has 1 aliphatic heterocycles. The largest absolute Gasteiger partial charge is 0.497 e. The smallest absolute Gasteiger partial charge is 0.261 e. The monoisotopic (exact) mass is 561 g/mol. The lowest BCUT2D eigenvalue weighted by Crippen LogP contribution is -2.49. The van der Waals surface area contributed by atoms with Gasteiger partial charge in [-0.25, -0.2) is 8.42 Å². The van der Waals surface area contributed by atoms with E-state index in [9.17, 15) is 18.0 Å². The van der Waals surface area contributed by atoms with Crippen LogP contribution in [-0.4, -0.2) is 82.0 Å². The van der Waals surface area contributed by atoms with Crippen LogP contribution in [-0.2, 0) is 30.9 Å². The van der Waals surface area contributed by atoms with Crippen molar-refractivity contribution in [1.82, 2.24) is 14.5 Å². The van der Waals surface area contributed by atoms with E-state index >= 15 is 0 Å². The van der Waals surface area contributed by atoms with Gasteiger partial charge in [0.25, 0.3) is 5.91 Å². The van der Waals surface area contributed by atoms with Crippen LogP contribution in [0.25, 0.3) is 0 Å². The predicted octanol–water partition coefficient (Wildman–Crippen LogP) is 2.67. The van der Waals surface area contributed by atoms with Crippen molar-refractivity contribution in [3.63, 3.8) is 0 Å². The van der Waals surface area contributed by atoms with Crippen LogP contribution in [0.15, 0.2) is 53.4 Å². The van der Waals surface area contributed by atoms with E-state index < -0.39 is 16.1 Å². The van der Waals surface area contributed by atoms with Gasteiger partial charge in [-0.15, -0.1) is 0 Å². The first kappa shape index (κ1) is 30.4. The lowest BCUT2D eigenvalue weighted by Gasteiger charge is -2.29. The third-order valence-corrected chi connectivity index (χ3v) is 8.41. The summed E-state index contributed by atoms with van der Waals surface area (Å²) in [5.41, 5.74) is 0.837. The summed E-state index contributed by atoms with van der Waals surface area (Å²) in [5, 5.41) is 2.91. The second-order valence-electron chi connectivity index (χ2n) is 9.80. The van der Waals surface area contributed by atoms with Crippen LogP contribution >= 0.6 is 0 Å². The molecule has 0 saturated carbocycles. The summed E-state index contributed by atoms with van der Waals surface area (Å²) in [4.78, 5) is 27.8. The quantitative estimate of drug-likeness (QED) is 0.400. The molecule has 1 fully saturated rings. The van der Waals surface area contributed by atoms with Crippen molar-refractivity contribution in [3.8, 4) is 11.5 Å². The van der Waals surface area contributed by atoms with E-state index in [2.05, 4.69) is 19.2 Å². The third kappa shape index (κ3) is 8.67. The second-order valence-corrected chi connectivity index (χ2v) is 11.7. The number of rotatable bonds is 13. The molecule has 3 rings (SSSR count). The van der Waals surface area contributed by atoms with Crippen molar-refractivity contribution in [3.05, 3.63) is 54.1 Å². The molecule has 39 heavy (non-hydrogen) atoms. The number of carbonyl (C=O) groups excluding carboxylic acids is 2. The molecule has 0 radical (unpaired) electrons. The zero-order valence-corrected chi connectivity index (χ0v) is 23.9. The lowest BCUT2D eigenvalue weighted by atomic mass is 10.1. The van der Waals surface area contributed by atoms with Crippen molar-refractivity contribution >= 4 is 21.8 Å². The number of amides is 2. The van der Waals surface area contributed by atoms with Crippen LogP contribution < -0.4 is 14.8 Å². The van der Waals surface area contributed by atoms with Gasteiger partial charge in [0, 0.05) is 26.2 Å². The van der Waals surface area contributed by atoms with Gasteiger partial charge < -0.3 is 24.4 Å². The summed E-state index contributed by atoms with van der Waals surface area (Å²) in [6.45, 7) is 7.63. The van der Waals surface area contributed by atoms with Gasteiger partial charge in [-0.05, 0) is 61.2 Å². The average molecular weight is 562 g/mol. The number of nitrogens with zero attached hydrogens (tertiary/aromatic N) is 2. The molecule has 0 bridgehead atoms. The highest BCUT2D eigenvalue weighted by molar-refractivity contribution is 7.89. The van der Waals surface area contributed by atoms with Crippen LogP contribution in [0.5, 0.6) is 11.5 Å². The maximum Gasteiger partial charge on any atom is 0.261 e. The molecular formula is C28H39N3O7S. The number of carbonyl (C=O) groups is 2. The van der Waals surface area contributed by atoms with Crippen LogP contribution in [0.3, 0.4) is 0 Å². The Kier molecular flexibility index (Phi) is 11.1. The summed E-state index contributed by atoms with van der Waals surface area (Å²) >= 11 is 0. The number of hydrogen-bond acceptors (Lipinski definition) is 7. The molecule has 0 aromatic heterocycles. The standard InChI is InChI=1S/C28H39N3O7S/c1-21(2)13-14-29-28(33)22(3)31(19-23-5-7-24(36-4)8-6-23)27(32)20-38-25-9-11-26(12-10-25)39(34,35)30-15-17-37-18-16-30/h5-12,21-22H,13-20H2,1-4H3,(H,29,33). The zero-order valence-electron chi connectivity index (χ0n) is 23.1. The van der Waals surface area contributed by atoms with Gasteiger partial charge >= 0.3 is 0 Å². The summed E-state index contributed by atoms with van der Waals surface area (Å²) in [7, 11) is -2.05. The Balaban J connectivity index is 1.67. The van der Waals surface area contributed by atoms with Gasteiger partial charge in [-0.3, -0.25) is 9.59 Å². The minimum absolute atomic E-state index is 0.149. The fourth-order valence-corrected chi connectivity index (χ4v) is 5.42. The van der Waals surface area contributed by atoms with Gasteiger partial charge in [-0.2, -0.15) is 4.31 Å².